The number of sulfonamides is 1. The molecular weight excluding hydrogens is 228 g/mol. The van der Waals surface area contributed by atoms with Gasteiger partial charge in [-0.2, -0.15) is 0 Å². The van der Waals surface area contributed by atoms with E-state index in [2.05, 4.69) is 4.72 Å². The van der Waals surface area contributed by atoms with Gasteiger partial charge in [0.05, 0.1) is 11.9 Å². The second-order valence-electron chi connectivity index (χ2n) is 5.26. The molecule has 0 aliphatic rings. The van der Waals surface area contributed by atoms with Crippen molar-refractivity contribution in [3.8, 4) is 0 Å². The summed E-state index contributed by atoms with van der Waals surface area (Å²) in [6, 6.07) is 0. The highest BCUT2D eigenvalue weighted by atomic mass is 32.2. The molecule has 1 unspecified atom stereocenters. The number of aliphatic hydroxyl groups is 1. The first-order valence-electron chi connectivity index (χ1n) is 5.35. The maximum absolute atomic E-state index is 11.6. The van der Waals surface area contributed by atoms with Crippen LogP contribution in [0.15, 0.2) is 0 Å². The Labute approximate surface area is 98.9 Å². The molecule has 2 N–H and O–H groups in total. The summed E-state index contributed by atoms with van der Waals surface area (Å²) in [6.45, 7) is 6.30. The quantitative estimate of drug-likeness (QED) is 0.662. The van der Waals surface area contributed by atoms with E-state index in [1.54, 1.807) is 0 Å². The Balaban J connectivity index is 4.34. The molecule has 0 saturated heterocycles. The minimum absolute atomic E-state index is 0.133. The third kappa shape index (κ3) is 5.79. The van der Waals surface area contributed by atoms with Crippen LogP contribution >= 0.6 is 0 Å². The van der Waals surface area contributed by atoms with Crippen molar-refractivity contribution < 1.29 is 13.5 Å². The van der Waals surface area contributed by atoms with E-state index in [0.717, 1.165) is 6.54 Å². The first kappa shape index (κ1) is 15.8. The standard InChI is InChI=1S/C10H24N2O3S/c1-9(6-13)16(14,15)11-7-10(2,3)8-12(4)5/h9,11,13H,6-8H2,1-5H3. The van der Waals surface area contributed by atoms with E-state index in [-0.39, 0.29) is 12.0 Å². The first-order valence-corrected chi connectivity index (χ1v) is 6.89. The summed E-state index contributed by atoms with van der Waals surface area (Å²) in [5, 5.41) is 8.06. The molecule has 0 aliphatic heterocycles. The van der Waals surface area contributed by atoms with Gasteiger partial charge in [0.1, 0.15) is 0 Å². The monoisotopic (exact) mass is 252 g/mol. The molecule has 6 heteroatoms. The molecule has 0 fully saturated rings. The average molecular weight is 252 g/mol. The van der Waals surface area contributed by atoms with Crippen molar-refractivity contribution in [2.45, 2.75) is 26.0 Å². The predicted molar refractivity (Wildman–Crippen MR) is 65.8 cm³/mol. The fourth-order valence-corrected chi connectivity index (χ4v) is 2.52. The van der Waals surface area contributed by atoms with Crippen LogP contribution in [0.25, 0.3) is 0 Å². The highest BCUT2D eigenvalue weighted by Crippen LogP contribution is 2.15. The Morgan fingerprint density at radius 2 is 1.88 bits per heavy atom. The molecule has 0 amide bonds. The molecule has 1 atom stereocenters. The van der Waals surface area contributed by atoms with Crippen LogP contribution in [0.4, 0.5) is 0 Å². The maximum atomic E-state index is 11.6. The van der Waals surface area contributed by atoms with Crippen molar-refractivity contribution in [2.24, 2.45) is 5.41 Å². The number of nitrogens with zero attached hydrogens (tertiary/aromatic N) is 1. The van der Waals surface area contributed by atoms with Crippen molar-refractivity contribution in [3.63, 3.8) is 0 Å². The lowest BCUT2D eigenvalue weighted by atomic mass is 9.93. The predicted octanol–water partition coefficient (Wildman–Crippen LogP) is -0.126. The van der Waals surface area contributed by atoms with Gasteiger partial charge in [0.25, 0.3) is 0 Å². The van der Waals surface area contributed by atoms with Crippen LogP contribution in [-0.2, 0) is 10.0 Å². The number of rotatable bonds is 7. The highest BCUT2D eigenvalue weighted by molar-refractivity contribution is 7.90. The Morgan fingerprint density at radius 3 is 2.25 bits per heavy atom. The molecule has 0 bridgehead atoms. The van der Waals surface area contributed by atoms with Crippen molar-refractivity contribution >= 4 is 10.0 Å². The van der Waals surface area contributed by atoms with Crippen molar-refractivity contribution in [1.29, 1.82) is 0 Å². The molecule has 0 aromatic heterocycles. The van der Waals surface area contributed by atoms with E-state index in [0.29, 0.717) is 6.54 Å². The molecular formula is C10H24N2O3S. The van der Waals surface area contributed by atoms with Crippen LogP contribution < -0.4 is 4.72 Å². The highest BCUT2D eigenvalue weighted by Gasteiger charge is 2.25. The molecule has 5 nitrogen and oxygen atoms in total. The minimum Gasteiger partial charge on any atom is -0.395 e. The van der Waals surface area contributed by atoms with Gasteiger partial charge in [-0.3, -0.25) is 0 Å². The molecule has 0 saturated carbocycles. The summed E-state index contributed by atoms with van der Waals surface area (Å²) < 4.78 is 25.8. The van der Waals surface area contributed by atoms with E-state index in [1.807, 2.05) is 32.8 Å². The van der Waals surface area contributed by atoms with Crippen LogP contribution in [0.2, 0.25) is 0 Å². The van der Waals surface area contributed by atoms with Crippen LogP contribution in [0.5, 0.6) is 0 Å². The molecule has 0 heterocycles. The number of aliphatic hydroxyl groups excluding tert-OH is 1. The smallest absolute Gasteiger partial charge is 0.216 e. The average Bonchev–Trinajstić information content (AvgIpc) is 2.12. The van der Waals surface area contributed by atoms with Crippen LogP contribution in [0.1, 0.15) is 20.8 Å². The van der Waals surface area contributed by atoms with Gasteiger partial charge in [0.15, 0.2) is 0 Å². The van der Waals surface area contributed by atoms with Gasteiger partial charge in [-0.25, -0.2) is 13.1 Å². The second kappa shape index (κ2) is 5.95. The SMILES string of the molecule is CC(CO)S(=O)(=O)NCC(C)(C)CN(C)C. The Morgan fingerprint density at radius 1 is 1.38 bits per heavy atom. The minimum atomic E-state index is -3.40. The van der Waals surface area contributed by atoms with Gasteiger partial charge in [0, 0.05) is 13.1 Å². The van der Waals surface area contributed by atoms with Gasteiger partial charge in [0.2, 0.25) is 10.0 Å². The van der Waals surface area contributed by atoms with E-state index < -0.39 is 15.3 Å². The third-order valence-electron chi connectivity index (χ3n) is 2.28. The summed E-state index contributed by atoms with van der Waals surface area (Å²) in [4.78, 5) is 2.02. The van der Waals surface area contributed by atoms with Gasteiger partial charge in [-0.1, -0.05) is 13.8 Å². The van der Waals surface area contributed by atoms with Crippen LogP contribution in [0, 0.1) is 5.41 Å². The molecule has 0 spiro atoms. The summed E-state index contributed by atoms with van der Waals surface area (Å²) in [7, 11) is 0.504. The zero-order chi connectivity index (χ0) is 13.0. The van der Waals surface area contributed by atoms with Gasteiger partial charge in [-0.15, -0.1) is 0 Å². The fourth-order valence-electron chi connectivity index (χ4n) is 1.45. The summed E-state index contributed by atoms with van der Waals surface area (Å²) in [6.07, 6.45) is 0. The van der Waals surface area contributed by atoms with Crippen molar-refractivity contribution in [3.05, 3.63) is 0 Å². The van der Waals surface area contributed by atoms with Crippen molar-refractivity contribution in [1.82, 2.24) is 9.62 Å². The van der Waals surface area contributed by atoms with Crippen LogP contribution in [0.3, 0.4) is 0 Å². The van der Waals surface area contributed by atoms with Gasteiger partial charge < -0.3 is 10.0 Å². The first-order chi connectivity index (χ1) is 7.10. The number of hydrogen-bond acceptors (Lipinski definition) is 4. The van der Waals surface area contributed by atoms with Crippen molar-refractivity contribution in [2.75, 3.05) is 33.8 Å². The zero-order valence-electron chi connectivity index (χ0n) is 10.8. The maximum Gasteiger partial charge on any atom is 0.216 e. The Kier molecular flexibility index (Phi) is 5.89. The van der Waals surface area contributed by atoms with Crippen LogP contribution in [-0.4, -0.2) is 57.5 Å². The molecule has 0 aromatic rings. The normalized spacial score (nSPS) is 15.4. The van der Waals surface area contributed by atoms with Gasteiger partial charge in [-0.05, 0) is 26.4 Å². The second-order valence-corrected chi connectivity index (χ2v) is 7.44. The summed E-state index contributed by atoms with van der Waals surface area (Å²) >= 11 is 0. The lowest BCUT2D eigenvalue weighted by Gasteiger charge is -2.28. The number of hydrogen-bond donors (Lipinski definition) is 2. The van der Waals surface area contributed by atoms with E-state index in [9.17, 15) is 8.42 Å². The lowest BCUT2D eigenvalue weighted by molar-refractivity contribution is 0.241. The third-order valence-corrected chi connectivity index (χ3v) is 4.04. The zero-order valence-corrected chi connectivity index (χ0v) is 11.6. The topological polar surface area (TPSA) is 69.6 Å². The lowest BCUT2D eigenvalue weighted by Crippen LogP contribution is -2.43. The fraction of sp³-hybridized carbons (Fsp3) is 1.00. The van der Waals surface area contributed by atoms with E-state index in [1.165, 1.54) is 6.92 Å². The Hall–Kier alpha value is -0.170. The molecule has 0 rings (SSSR count). The molecule has 0 aromatic carbocycles. The van der Waals surface area contributed by atoms with Gasteiger partial charge >= 0.3 is 0 Å². The molecule has 16 heavy (non-hydrogen) atoms. The summed E-state index contributed by atoms with van der Waals surface area (Å²) in [5.74, 6) is 0. The molecule has 0 aliphatic carbocycles. The van der Waals surface area contributed by atoms with E-state index >= 15 is 0 Å². The molecule has 0 radical (unpaired) electrons. The molecule has 98 valence electrons. The largest absolute Gasteiger partial charge is 0.395 e. The number of nitrogens with one attached hydrogen (secondary N) is 1. The summed E-state index contributed by atoms with van der Waals surface area (Å²) in [5.41, 5.74) is -0.133. The van der Waals surface area contributed by atoms with E-state index in [4.69, 9.17) is 5.11 Å². The Bertz CT molecular complexity index is 299.